The van der Waals surface area contributed by atoms with Crippen LogP contribution in [0, 0.1) is 11.7 Å². The van der Waals surface area contributed by atoms with E-state index in [0.29, 0.717) is 44.6 Å². The summed E-state index contributed by atoms with van der Waals surface area (Å²) in [6, 6.07) is 5.51. The molecule has 2 aliphatic heterocycles. The van der Waals surface area contributed by atoms with Crippen molar-refractivity contribution in [3.05, 3.63) is 35.6 Å². The number of aliphatic hydroxyl groups is 1. The molecule has 1 aromatic rings. The fourth-order valence-electron chi connectivity index (χ4n) is 3.82. The Balaban J connectivity index is 1.54. The second-order valence-corrected chi connectivity index (χ2v) is 7.41. The van der Waals surface area contributed by atoms with E-state index in [-0.39, 0.29) is 29.6 Å². The van der Waals surface area contributed by atoms with E-state index in [4.69, 9.17) is 0 Å². The van der Waals surface area contributed by atoms with E-state index in [1.807, 2.05) is 19.0 Å². The summed E-state index contributed by atoms with van der Waals surface area (Å²) in [6.45, 7) is 1.94. The molecule has 0 aromatic heterocycles. The largest absolute Gasteiger partial charge is 0.390 e. The molecule has 0 spiro atoms. The lowest BCUT2D eigenvalue weighted by atomic mass is 9.95. The van der Waals surface area contributed by atoms with Crippen LogP contribution in [-0.2, 0) is 4.79 Å². The smallest absolute Gasteiger partial charge is 0.253 e. The Hall–Kier alpha value is -1.99. The first-order valence-electron chi connectivity index (χ1n) is 9.05. The molecule has 1 aromatic carbocycles. The van der Waals surface area contributed by atoms with E-state index in [0.717, 1.165) is 0 Å². The van der Waals surface area contributed by atoms with Gasteiger partial charge in [-0.05, 0) is 51.2 Å². The average Bonchev–Trinajstić information content (AvgIpc) is 3.03. The Morgan fingerprint density at radius 1 is 1.08 bits per heavy atom. The summed E-state index contributed by atoms with van der Waals surface area (Å²) >= 11 is 0. The number of benzene rings is 1. The number of piperidine rings is 1. The van der Waals surface area contributed by atoms with Crippen molar-refractivity contribution in [3.63, 3.8) is 0 Å². The first kappa shape index (κ1) is 18.8. The maximum Gasteiger partial charge on any atom is 0.253 e. The number of hydrogen-bond donors (Lipinski definition) is 1. The van der Waals surface area contributed by atoms with Crippen molar-refractivity contribution in [2.75, 3.05) is 40.3 Å². The van der Waals surface area contributed by atoms with Crippen molar-refractivity contribution < 1.29 is 19.1 Å². The molecule has 2 fully saturated rings. The highest BCUT2D eigenvalue weighted by Crippen LogP contribution is 2.24. The number of amides is 2. The first-order chi connectivity index (χ1) is 12.4. The van der Waals surface area contributed by atoms with E-state index in [9.17, 15) is 19.1 Å². The van der Waals surface area contributed by atoms with Crippen molar-refractivity contribution in [1.29, 1.82) is 0 Å². The highest BCUT2D eigenvalue weighted by Gasteiger charge is 2.38. The summed E-state index contributed by atoms with van der Waals surface area (Å²) in [7, 11) is 3.81. The normalized spacial score (nSPS) is 24.3. The van der Waals surface area contributed by atoms with Crippen LogP contribution in [0.3, 0.4) is 0 Å². The van der Waals surface area contributed by atoms with Crippen LogP contribution in [-0.4, -0.2) is 84.0 Å². The molecule has 0 unspecified atom stereocenters. The number of nitrogens with zero attached hydrogens (tertiary/aromatic N) is 3. The third kappa shape index (κ3) is 3.88. The Labute approximate surface area is 153 Å². The summed E-state index contributed by atoms with van der Waals surface area (Å²) in [5, 5.41) is 10.1. The monoisotopic (exact) mass is 363 g/mol. The zero-order chi connectivity index (χ0) is 18.8. The molecule has 0 aliphatic carbocycles. The lowest BCUT2D eigenvalue weighted by molar-refractivity contribution is -0.136. The molecule has 142 valence electrons. The molecule has 6 nitrogen and oxygen atoms in total. The molecular formula is C19H26FN3O3. The quantitative estimate of drug-likeness (QED) is 0.863. The summed E-state index contributed by atoms with van der Waals surface area (Å²) in [5.74, 6) is -0.530. The lowest BCUT2D eigenvalue weighted by Crippen LogP contribution is -2.44. The number of halogens is 1. The third-order valence-corrected chi connectivity index (χ3v) is 5.46. The molecule has 2 amide bonds. The van der Waals surface area contributed by atoms with Crippen molar-refractivity contribution >= 4 is 11.8 Å². The first-order valence-corrected chi connectivity index (χ1v) is 9.05. The SMILES string of the molecule is CN(C)[C@H]1CN(C(=O)C2CCN(C(=O)c3ccc(F)cc3)CC2)C[C@@H]1O. The predicted octanol–water partition coefficient (Wildman–Crippen LogP) is 0.811. The fourth-order valence-corrected chi connectivity index (χ4v) is 3.82. The van der Waals surface area contributed by atoms with Gasteiger partial charge >= 0.3 is 0 Å². The molecule has 0 saturated carbocycles. The Morgan fingerprint density at radius 2 is 1.69 bits per heavy atom. The zero-order valence-electron chi connectivity index (χ0n) is 15.3. The minimum Gasteiger partial charge on any atom is -0.390 e. The van der Waals surface area contributed by atoms with Gasteiger partial charge in [0, 0.05) is 37.7 Å². The fraction of sp³-hybridized carbons (Fsp3) is 0.579. The highest BCUT2D eigenvalue weighted by atomic mass is 19.1. The van der Waals surface area contributed by atoms with Crippen molar-refractivity contribution in [1.82, 2.24) is 14.7 Å². The number of likely N-dealkylation sites (tertiary alicyclic amines) is 2. The topological polar surface area (TPSA) is 64.1 Å². The van der Waals surface area contributed by atoms with Gasteiger partial charge in [-0.25, -0.2) is 4.39 Å². The van der Waals surface area contributed by atoms with Gasteiger partial charge in [0.1, 0.15) is 5.82 Å². The Kier molecular flexibility index (Phi) is 5.58. The molecular weight excluding hydrogens is 337 g/mol. The van der Waals surface area contributed by atoms with Crippen LogP contribution < -0.4 is 0 Å². The second kappa shape index (κ2) is 7.72. The molecule has 1 N–H and O–H groups in total. The standard InChI is InChI=1S/C19H26FN3O3/c1-21(2)16-11-23(12-17(16)24)19(26)14-7-9-22(10-8-14)18(25)13-3-5-15(20)6-4-13/h3-6,14,16-17,24H,7-12H2,1-2H3/t16-,17-/m0/s1. The molecule has 3 rings (SSSR count). The van der Waals surface area contributed by atoms with Crippen LogP contribution in [0.2, 0.25) is 0 Å². The van der Waals surface area contributed by atoms with E-state index in [1.54, 1.807) is 9.80 Å². The van der Waals surface area contributed by atoms with Crippen molar-refractivity contribution in [3.8, 4) is 0 Å². The minimum absolute atomic E-state index is 0.0286. The lowest BCUT2D eigenvalue weighted by Gasteiger charge is -2.33. The number of likely N-dealkylation sites (N-methyl/N-ethyl adjacent to an activating group) is 1. The van der Waals surface area contributed by atoms with Gasteiger partial charge in [-0.1, -0.05) is 0 Å². The number of β-amino-alcohol motifs (C(OH)–C–C–N with tert-alkyl or cyclic N) is 1. The van der Waals surface area contributed by atoms with E-state index >= 15 is 0 Å². The van der Waals surface area contributed by atoms with Gasteiger partial charge in [-0.2, -0.15) is 0 Å². The van der Waals surface area contributed by atoms with Gasteiger partial charge < -0.3 is 19.8 Å². The number of carbonyl (C=O) groups is 2. The number of carbonyl (C=O) groups excluding carboxylic acids is 2. The summed E-state index contributed by atoms with van der Waals surface area (Å²) in [4.78, 5) is 30.6. The van der Waals surface area contributed by atoms with Crippen LogP contribution in [0.25, 0.3) is 0 Å². The predicted molar refractivity (Wildman–Crippen MR) is 95.1 cm³/mol. The summed E-state index contributed by atoms with van der Waals surface area (Å²) in [5.41, 5.74) is 0.465. The molecule has 2 aliphatic rings. The minimum atomic E-state index is -0.519. The number of aliphatic hydroxyl groups excluding tert-OH is 1. The number of rotatable bonds is 3. The third-order valence-electron chi connectivity index (χ3n) is 5.46. The molecule has 0 bridgehead atoms. The van der Waals surface area contributed by atoms with Gasteiger partial charge in [-0.15, -0.1) is 0 Å². The Morgan fingerprint density at radius 3 is 2.23 bits per heavy atom. The maximum absolute atomic E-state index is 13.0. The van der Waals surface area contributed by atoms with Gasteiger partial charge in [0.05, 0.1) is 12.1 Å². The van der Waals surface area contributed by atoms with Crippen LogP contribution in [0.5, 0.6) is 0 Å². The number of hydrogen-bond acceptors (Lipinski definition) is 4. The molecule has 0 radical (unpaired) electrons. The van der Waals surface area contributed by atoms with Gasteiger partial charge in [-0.3, -0.25) is 9.59 Å². The summed E-state index contributed by atoms with van der Waals surface area (Å²) in [6.07, 6.45) is 0.713. The maximum atomic E-state index is 13.0. The van der Waals surface area contributed by atoms with Gasteiger partial charge in [0.25, 0.3) is 5.91 Å². The van der Waals surface area contributed by atoms with Crippen LogP contribution in [0.1, 0.15) is 23.2 Å². The highest BCUT2D eigenvalue weighted by molar-refractivity contribution is 5.94. The van der Waals surface area contributed by atoms with E-state index in [2.05, 4.69) is 0 Å². The van der Waals surface area contributed by atoms with Crippen molar-refractivity contribution in [2.45, 2.75) is 25.0 Å². The molecule has 2 saturated heterocycles. The molecule has 26 heavy (non-hydrogen) atoms. The average molecular weight is 363 g/mol. The van der Waals surface area contributed by atoms with Crippen LogP contribution in [0.15, 0.2) is 24.3 Å². The molecule has 2 atom stereocenters. The second-order valence-electron chi connectivity index (χ2n) is 7.41. The summed E-state index contributed by atoms with van der Waals surface area (Å²) < 4.78 is 13.0. The van der Waals surface area contributed by atoms with E-state index < -0.39 is 6.10 Å². The van der Waals surface area contributed by atoms with E-state index in [1.165, 1.54) is 24.3 Å². The van der Waals surface area contributed by atoms with Gasteiger partial charge in [0.2, 0.25) is 5.91 Å². The molecule has 7 heteroatoms. The Bertz CT molecular complexity index is 656. The molecule has 2 heterocycles. The zero-order valence-corrected chi connectivity index (χ0v) is 15.3. The van der Waals surface area contributed by atoms with Crippen molar-refractivity contribution in [2.24, 2.45) is 5.92 Å². The van der Waals surface area contributed by atoms with Crippen LogP contribution >= 0.6 is 0 Å². The van der Waals surface area contributed by atoms with Crippen LogP contribution in [0.4, 0.5) is 4.39 Å². The van der Waals surface area contributed by atoms with Gasteiger partial charge in [0.15, 0.2) is 0 Å².